The average Bonchev–Trinajstić information content (AvgIpc) is 2.36. The van der Waals surface area contributed by atoms with Gasteiger partial charge in [0.15, 0.2) is 0 Å². The fourth-order valence-electron chi connectivity index (χ4n) is 1.38. The van der Waals surface area contributed by atoms with E-state index in [0.29, 0.717) is 0 Å². The number of hydrogen-bond donors (Lipinski definition) is 3. The minimum absolute atomic E-state index is 0.198. The Hall–Kier alpha value is -1.95. The van der Waals surface area contributed by atoms with Crippen molar-refractivity contribution < 1.29 is 23.4 Å². The number of aliphatic hydroxyl groups is 1. The van der Waals surface area contributed by atoms with E-state index in [1.54, 1.807) is 12.1 Å². The van der Waals surface area contributed by atoms with Gasteiger partial charge in [-0.15, -0.1) is 0 Å². The standard InChI is InChI=1S/C11H12N2O5S/c12-5-8-3-1-2-4-9(8)7-19(17,18)13-10(6-14)11(15)16/h1-4,10,13-14H,6-7H2,(H,15,16). The van der Waals surface area contributed by atoms with E-state index < -0.39 is 34.4 Å². The summed E-state index contributed by atoms with van der Waals surface area (Å²) in [5, 5.41) is 26.3. The maximum Gasteiger partial charge on any atom is 0.324 e. The smallest absolute Gasteiger partial charge is 0.324 e. The summed E-state index contributed by atoms with van der Waals surface area (Å²) in [5.41, 5.74) is 0.461. The largest absolute Gasteiger partial charge is 0.480 e. The Labute approximate surface area is 110 Å². The predicted molar refractivity (Wildman–Crippen MR) is 65.4 cm³/mol. The molecule has 3 N–H and O–H groups in total. The second-order valence-electron chi connectivity index (χ2n) is 3.72. The van der Waals surface area contributed by atoms with Crippen LogP contribution >= 0.6 is 0 Å². The number of sulfonamides is 1. The molecule has 102 valence electrons. The topological polar surface area (TPSA) is 127 Å². The molecule has 1 atom stereocenters. The number of carboxylic acids is 1. The van der Waals surface area contributed by atoms with Crippen molar-refractivity contribution in [1.82, 2.24) is 4.72 Å². The van der Waals surface area contributed by atoms with E-state index in [4.69, 9.17) is 15.5 Å². The third kappa shape index (κ3) is 4.33. The van der Waals surface area contributed by atoms with Crippen molar-refractivity contribution in [2.24, 2.45) is 0 Å². The van der Waals surface area contributed by atoms with Crippen LogP contribution in [0.4, 0.5) is 0 Å². The van der Waals surface area contributed by atoms with Crippen molar-refractivity contribution in [2.45, 2.75) is 11.8 Å². The van der Waals surface area contributed by atoms with Crippen LogP contribution < -0.4 is 4.72 Å². The quantitative estimate of drug-likeness (QED) is 0.641. The van der Waals surface area contributed by atoms with Crippen molar-refractivity contribution >= 4 is 16.0 Å². The van der Waals surface area contributed by atoms with Gasteiger partial charge in [0.1, 0.15) is 6.04 Å². The van der Waals surface area contributed by atoms with Gasteiger partial charge in [-0.3, -0.25) is 4.79 Å². The summed E-state index contributed by atoms with van der Waals surface area (Å²) in [5.74, 6) is -2.00. The van der Waals surface area contributed by atoms with Crippen molar-refractivity contribution in [3.63, 3.8) is 0 Å². The molecule has 0 aliphatic carbocycles. The van der Waals surface area contributed by atoms with Crippen LogP contribution in [-0.2, 0) is 20.6 Å². The minimum atomic E-state index is -3.97. The number of carboxylic acid groups (broad SMARTS) is 1. The van der Waals surface area contributed by atoms with E-state index in [1.165, 1.54) is 12.1 Å². The predicted octanol–water partition coefficient (Wildman–Crippen LogP) is -0.577. The molecule has 0 aromatic heterocycles. The van der Waals surface area contributed by atoms with Gasteiger partial charge in [0, 0.05) is 0 Å². The second kappa shape index (κ2) is 6.29. The first kappa shape index (κ1) is 15.1. The third-order valence-corrected chi connectivity index (χ3v) is 3.62. The van der Waals surface area contributed by atoms with Crippen LogP contribution in [0.15, 0.2) is 24.3 Å². The lowest BCUT2D eigenvalue weighted by Crippen LogP contribution is -2.43. The van der Waals surface area contributed by atoms with Gasteiger partial charge in [0.2, 0.25) is 10.0 Å². The van der Waals surface area contributed by atoms with Crippen LogP contribution in [0.25, 0.3) is 0 Å². The van der Waals surface area contributed by atoms with Gasteiger partial charge in [-0.2, -0.15) is 9.98 Å². The van der Waals surface area contributed by atoms with Gasteiger partial charge in [0.25, 0.3) is 0 Å². The SMILES string of the molecule is N#Cc1ccccc1CS(=O)(=O)NC(CO)C(=O)O. The van der Waals surface area contributed by atoms with Gasteiger partial charge < -0.3 is 10.2 Å². The summed E-state index contributed by atoms with van der Waals surface area (Å²) in [7, 11) is -3.97. The number of nitriles is 1. The van der Waals surface area contributed by atoms with Crippen LogP contribution in [0.3, 0.4) is 0 Å². The molecule has 19 heavy (non-hydrogen) atoms. The van der Waals surface area contributed by atoms with Crippen molar-refractivity contribution in [1.29, 1.82) is 5.26 Å². The summed E-state index contributed by atoms with van der Waals surface area (Å²) < 4.78 is 25.3. The number of nitrogens with zero attached hydrogens (tertiary/aromatic N) is 1. The lowest BCUT2D eigenvalue weighted by molar-refractivity contribution is -0.139. The Balaban J connectivity index is 2.92. The zero-order chi connectivity index (χ0) is 14.5. The maximum absolute atomic E-state index is 11.7. The molecule has 7 nitrogen and oxygen atoms in total. The minimum Gasteiger partial charge on any atom is -0.480 e. The molecule has 1 aromatic rings. The fourth-order valence-corrected chi connectivity index (χ4v) is 2.74. The monoisotopic (exact) mass is 284 g/mol. The third-order valence-electron chi connectivity index (χ3n) is 2.29. The highest BCUT2D eigenvalue weighted by Gasteiger charge is 2.24. The Kier molecular flexibility index (Phi) is 5.00. The molecule has 0 saturated heterocycles. The molecule has 0 fully saturated rings. The summed E-state index contributed by atoms with van der Waals surface area (Å²) in [6.07, 6.45) is 0. The van der Waals surface area contributed by atoms with E-state index in [9.17, 15) is 13.2 Å². The van der Waals surface area contributed by atoms with E-state index in [-0.39, 0.29) is 11.1 Å². The molecule has 0 heterocycles. The van der Waals surface area contributed by atoms with Crippen molar-refractivity contribution in [2.75, 3.05) is 6.61 Å². The van der Waals surface area contributed by atoms with Crippen LogP contribution in [0.2, 0.25) is 0 Å². The van der Waals surface area contributed by atoms with Crippen LogP contribution in [-0.4, -0.2) is 37.2 Å². The lowest BCUT2D eigenvalue weighted by Gasteiger charge is -2.12. The lowest BCUT2D eigenvalue weighted by atomic mass is 10.1. The fraction of sp³-hybridized carbons (Fsp3) is 0.273. The Morgan fingerprint density at radius 1 is 1.42 bits per heavy atom. The number of rotatable bonds is 6. The number of aliphatic carboxylic acids is 1. The Morgan fingerprint density at radius 2 is 2.05 bits per heavy atom. The van der Waals surface area contributed by atoms with Crippen LogP contribution in [0.5, 0.6) is 0 Å². The molecule has 1 aromatic carbocycles. The van der Waals surface area contributed by atoms with Crippen molar-refractivity contribution in [3.05, 3.63) is 35.4 Å². The van der Waals surface area contributed by atoms with Crippen LogP contribution in [0, 0.1) is 11.3 Å². The molecular weight excluding hydrogens is 272 g/mol. The highest BCUT2D eigenvalue weighted by molar-refractivity contribution is 7.88. The normalized spacial score (nSPS) is 12.6. The Bertz CT molecular complexity index is 606. The molecule has 0 amide bonds. The summed E-state index contributed by atoms with van der Waals surface area (Å²) >= 11 is 0. The van der Waals surface area contributed by atoms with Crippen LogP contribution in [0.1, 0.15) is 11.1 Å². The summed E-state index contributed by atoms with van der Waals surface area (Å²) in [6, 6.07) is 6.35. The molecule has 0 spiro atoms. The number of aliphatic hydroxyl groups excluding tert-OH is 1. The molecule has 0 bridgehead atoms. The molecule has 0 aliphatic rings. The molecule has 0 aliphatic heterocycles. The highest BCUT2D eigenvalue weighted by atomic mass is 32.2. The molecule has 1 unspecified atom stereocenters. The first-order valence-electron chi connectivity index (χ1n) is 5.21. The van der Waals surface area contributed by atoms with Gasteiger partial charge in [-0.1, -0.05) is 18.2 Å². The molecule has 1 rings (SSSR count). The summed E-state index contributed by atoms with van der Waals surface area (Å²) in [4.78, 5) is 10.6. The first-order chi connectivity index (χ1) is 8.89. The number of carbonyl (C=O) groups is 1. The number of nitrogens with one attached hydrogen (secondary N) is 1. The highest BCUT2D eigenvalue weighted by Crippen LogP contribution is 2.11. The Morgan fingerprint density at radius 3 is 2.58 bits per heavy atom. The second-order valence-corrected chi connectivity index (χ2v) is 5.47. The van der Waals surface area contributed by atoms with E-state index in [2.05, 4.69) is 0 Å². The molecular formula is C11H12N2O5S. The van der Waals surface area contributed by atoms with E-state index >= 15 is 0 Å². The zero-order valence-corrected chi connectivity index (χ0v) is 10.6. The molecule has 0 radical (unpaired) electrons. The van der Waals surface area contributed by atoms with E-state index in [1.807, 2.05) is 10.8 Å². The zero-order valence-electron chi connectivity index (χ0n) is 9.78. The average molecular weight is 284 g/mol. The molecule has 8 heteroatoms. The maximum atomic E-state index is 11.7. The van der Waals surface area contributed by atoms with Gasteiger partial charge in [0.05, 0.1) is 24.0 Å². The van der Waals surface area contributed by atoms with Gasteiger partial charge in [-0.05, 0) is 11.6 Å². The van der Waals surface area contributed by atoms with Crippen molar-refractivity contribution in [3.8, 4) is 6.07 Å². The number of hydrogen-bond acceptors (Lipinski definition) is 5. The van der Waals surface area contributed by atoms with E-state index in [0.717, 1.165) is 0 Å². The van der Waals surface area contributed by atoms with Gasteiger partial charge >= 0.3 is 5.97 Å². The van der Waals surface area contributed by atoms with Gasteiger partial charge in [-0.25, -0.2) is 8.42 Å². The first-order valence-corrected chi connectivity index (χ1v) is 6.86. The summed E-state index contributed by atoms with van der Waals surface area (Å²) in [6.45, 7) is -0.853. The number of benzene rings is 1. The molecule has 0 saturated carbocycles.